The Morgan fingerprint density at radius 1 is 1.33 bits per heavy atom. The Morgan fingerprint density at radius 2 is 2.00 bits per heavy atom. The molecule has 0 bridgehead atoms. The molecule has 0 aliphatic carbocycles. The third-order valence-corrected chi connectivity index (χ3v) is 3.91. The summed E-state index contributed by atoms with van der Waals surface area (Å²) in [6, 6.07) is 3.92. The van der Waals surface area contributed by atoms with E-state index in [1.807, 2.05) is 0 Å². The first-order chi connectivity index (χ1) is 9.86. The normalized spacial score (nSPS) is 14.2. The van der Waals surface area contributed by atoms with Crippen LogP contribution in [0.15, 0.2) is 18.2 Å². The molecule has 0 saturated heterocycles. The lowest BCUT2D eigenvalue weighted by Crippen LogP contribution is -2.37. The van der Waals surface area contributed by atoms with E-state index in [1.54, 1.807) is 0 Å². The second-order valence-electron chi connectivity index (χ2n) is 5.88. The maximum atomic E-state index is 13.4. The molecule has 0 aliphatic rings. The smallest absolute Gasteiger partial charge is 0.272 e. The maximum absolute atomic E-state index is 13.4. The predicted molar refractivity (Wildman–Crippen MR) is 82.8 cm³/mol. The highest BCUT2D eigenvalue weighted by Gasteiger charge is 2.25. The summed E-state index contributed by atoms with van der Waals surface area (Å²) in [5, 5.41) is 14.5. The number of benzene rings is 1. The number of nitrogens with one attached hydrogen (secondary N) is 1. The van der Waals surface area contributed by atoms with Crippen LogP contribution in [-0.2, 0) is 6.42 Å². The summed E-state index contributed by atoms with van der Waals surface area (Å²) < 4.78 is 13.4. The van der Waals surface area contributed by atoms with Crippen LogP contribution >= 0.6 is 0 Å². The van der Waals surface area contributed by atoms with Crippen LogP contribution < -0.4 is 5.32 Å². The topological polar surface area (TPSA) is 55.2 Å². The molecule has 0 aromatic heterocycles. The van der Waals surface area contributed by atoms with Crippen molar-refractivity contribution in [3.63, 3.8) is 0 Å². The van der Waals surface area contributed by atoms with Gasteiger partial charge in [-0.2, -0.15) is 0 Å². The van der Waals surface area contributed by atoms with Gasteiger partial charge in [0.15, 0.2) is 0 Å². The standard InChI is InChI=1S/C16H25FN2O2/c1-5-8-18-12(4)15(11(2)3)10-13-9-14(17)6-7-16(13)19(20)21/h6-7,9,11-12,15,18H,5,8,10H2,1-4H3. The van der Waals surface area contributed by atoms with Crippen LogP contribution in [0.4, 0.5) is 10.1 Å². The highest BCUT2D eigenvalue weighted by molar-refractivity contribution is 5.40. The van der Waals surface area contributed by atoms with Crippen LogP contribution in [0.2, 0.25) is 0 Å². The van der Waals surface area contributed by atoms with Gasteiger partial charge in [-0.25, -0.2) is 4.39 Å². The molecule has 2 atom stereocenters. The van der Waals surface area contributed by atoms with Crippen molar-refractivity contribution in [2.75, 3.05) is 6.54 Å². The molecule has 118 valence electrons. The minimum atomic E-state index is -0.434. The van der Waals surface area contributed by atoms with Crippen LogP contribution in [0.25, 0.3) is 0 Å². The Balaban J connectivity index is 2.98. The number of rotatable bonds is 8. The molecule has 1 N–H and O–H groups in total. The number of halogens is 1. The van der Waals surface area contributed by atoms with Gasteiger partial charge >= 0.3 is 0 Å². The monoisotopic (exact) mass is 296 g/mol. The molecule has 21 heavy (non-hydrogen) atoms. The minimum Gasteiger partial charge on any atom is -0.314 e. The van der Waals surface area contributed by atoms with E-state index in [1.165, 1.54) is 12.1 Å². The van der Waals surface area contributed by atoms with E-state index < -0.39 is 10.7 Å². The Morgan fingerprint density at radius 3 is 2.52 bits per heavy atom. The van der Waals surface area contributed by atoms with Crippen LogP contribution in [0.5, 0.6) is 0 Å². The van der Waals surface area contributed by atoms with E-state index in [2.05, 4.69) is 33.0 Å². The molecule has 0 heterocycles. The zero-order valence-electron chi connectivity index (χ0n) is 13.2. The Labute approximate surface area is 125 Å². The summed E-state index contributed by atoms with van der Waals surface area (Å²) in [7, 11) is 0. The van der Waals surface area contributed by atoms with E-state index in [4.69, 9.17) is 0 Å². The average molecular weight is 296 g/mol. The van der Waals surface area contributed by atoms with Crippen molar-refractivity contribution in [1.29, 1.82) is 0 Å². The molecule has 0 spiro atoms. The minimum absolute atomic E-state index is 0.00439. The fraction of sp³-hybridized carbons (Fsp3) is 0.625. The zero-order chi connectivity index (χ0) is 16.0. The van der Waals surface area contributed by atoms with Crippen molar-refractivity contribution in [3.05, 3.63) is 39.7 Å². The van der Waals surface area contributed by atoms with E-state index in [0.717, 1.165) is 19.0 Å². The molecule has 5 heteroatoms. The molecule has 2 unspecified atom stereocenters. The van der Waals surface area contributed by atoms with Crippen molar-refractivity contribution in [2.45, 2.75) is 46.6 Å². The van der Waals surface area contributed by atoms with Gasteiger partial charge in [0, 0.05) is 17.7 Å². The summed E-state index contributed by atoms with van der Waals surface area (Å²) in [5.74, 6) is 0.150. The highest BCUT2D eigenvalue weighted by Crippen LogP contribution is 2.27. The van der Waals surface area contributed by atoms with E-state index >= 15 is 0 Å². The summed E-state index contributed by atoms with van der Waals surface area (Å²) in [6.45, 7) is 9.29. The third-order valence-electron chi connectivity index (χ3n) is 3.91. The first kappa shape index (κ1) is 17.6. The lowest BCUT2D eigenvalue weighted by molar-refractivity contribution is -0.385. The lowest BCUT2D eigenvalue weighted by atomic mass is 9.83. The molecular weight excluding hydrogens is 271 g/mol. The summed E-state index contributed by atoms with van der Waals surface area (Å²) >= 11 is 0. The fourth-order valence-corrected chi connectivity index (χ4v) is 2.66. The molecule has 0 amide bonds. The second kappa shape index (κ2) is 8.08. The lowest BCUT2D eigenvalue weighted by Gasteiger charge is -2.28. The molecule has 0 fully saturated rings. The number of hydrogen-bond donors (Lipinski definition) is 1. The van der Waals surface area contributed by atoms with Gasteiger partial charge in [0.1, 0.15) is 5.82 Å². The quantitative estimate of drug-likeness (QED) is 0.584. The van der Waals surface area contributed by atoms with Crippen LogP contribution in [0.3, 0.4) is 0 Å². The van der Waals surface area contributed by atoms with Gasteiger partial charge in [-0.15, -0.1) is 0 Å². The molecule has 0 radical (unpaired) electrons. The molecular formula is C16H25FN2O2. The first-order valence-corrected chi connectivity index (χ1v) is 7.53. The molecule has 4 nitrogen and oxygen atoms in total. The van der Waals surface area contributed by atoms with Crippen LogP contribution in [-0.4, -0.2) is 17.5 Å². The zero-order valence-corrected chi connectivity index (χ0v) is 13.2. The van der Waals surface area contributed by atoms with Gasteiger partial charge in [-0.05, 0) is 50.3 Å². The average Bonchev–Trinajstić information content (AvgIpc) is 2.41. The highest BCUT2D eigenvalue weighted by atomic mass is 19.1. The largest absolute Gasteiger partial charge is 0.314 e. The van der Waals surface area contributed by atoms with Gasteiger partial charge < -0.3 is 5.32 Å². The van der Waals surface area contributed by atoms with Crippen molar-refractivity contribution in [1.82, 2.24) is 5.32 Å². The van der Waals surface area contributed by atoms with Gasteiger partial charge in [-0.1, -0.05) is 20.8 Å². The molecule has 0 aliphatic heterocycles. The SMILES string of the molecule is CCCNC(C)C(Cc1cc(F)ccc1[N+](=O)[O-])C(C)C. The first-order valence-electron chi connectivity index (χ1n) is 7.53. The number of nitro groups is 1. The Bertz CT molecular complexity index is 477. The van der Waals surface area contributed by atoms with Crippen molar-refractivity contribution >= 4 is 5.69 Å². The molecule has 1 aromatic rings. The van der Waals surface area contributed by atoms with Gasteiger partial charge in [-0.3, -0.25) is 10.1 Å². The van der Waals surface area contributed by atoms with Crippen molar-refractivity contribution in [3.8, 4) is 0 Å². The summed E-state index contributed by atoms with van der Waals surface area (Å²) in [5.41, 5.74) is 0.480. The van der Waals surface area contributed by atoms with Crippen LogP contribution in [0.1, 0.15) is 39.7 Å². The summed E-state index contributed by atoms with van der Waals surface area (Å²) in [4.78, 5) is 10.7. The molecule has 0 saturated carbocycles. The maximum Gasteiger partial charge on any atom is 0.272 e. The summed E-state index contributed by atoms with van der Waals surface area (Å²) in [6.07, 6.45) is 1.54. The Kier molecular flexibility index (Phi) is 6.75. The third kappa shape index (κ3) is 5.08. The van der Waals surface area contributed by atoms with Gasteiger partial charge in [0.05, 0.1) is 4.92 Å². The fourth-order valence-electron chi connectivity index (χ4n) is 2.66. The van der Waals surface area contributed by atoms with Crippen LogP contribution in [0, 0.1) is 27.8 Å². The van der Waals surface area contributed by atoms with E-state index in [9.17, 15) is 14.5 Å². The van der Waals surface area contributed by atoms with Crippen molar-refractivity contribution in [2.24, 2.45) is 11.8 Å². The van der Waals surface area contributed by atoms with Gasteiger partial charge in [0.2, 0.25) is 0 Å². The number of nitrogens with zero attached hydrogens (tertiary/aromatic N) is 1. The predicted octanol–water partition coefficient (Wildman–Crippen LogP) is 3.94. The van der Waals surface area contributed by atoms with Gasteiger partial charge in [0.25, 0.3) is 5.69 Å². The van der Waals surface area contributed by atoms with E-state index in [0.29, 0.717) is 17.9 Å². The molecule has 1 rings (SSSR count). The van der Waals surface area contributed by atoms with Crippen molar-refractivity contribution < 1.29 is 9.31 Å². The number of nitro benzene ring substituents is 1. The number of hydrogen-bond acceptors (Lipinski definition) is 3. The van der Waals surface area contributed by atoms with E-state index in [-0.39, 0.29) is 17.6 Å². The second-order valence-corrected chi connectivity index (χ2v) is 5.88. The Hall–Kier alpha value is -1.49. The molecule has 1 aromatic carbocycles.